The van der Waals surface area contributed by atoms with E-state index in [9.17, 15) is 0 Å². The maximum absolute atomic E-state index is 2.62. The van der Waals surface area contributed by atoms with E-state index in [1.54, 1.807) is 0 Å². The van der Waals surface area contributed by atoms with Crippen LogP contribution in [0.1, 0.15) is 60.8 Å². The van der Waals surface area contributed by atoms with Crippen LogP contribution in [-0.4, -0.2) is 23.0 Å². The molecule has 0 spiro atoms. The fraction of sp³-hybridized carbons (Fsp3) is 1.00. The minimum atomic E-state index is 0.374. The predicted molar refractivity (Wildman–Crippen MR) is 61.1 cm³/mol. The van der Waals surface area contributed by atoms with Crippen molar-refractivity contribution in [2.24, 2.45) is 0 Å². The van der Waals surface area contributed by atoms with Crippen molar-refractivity contribution in [3.8, 4) is 0 Å². The zero-order chi connectivity index (χ0) is 10.5. The molecule has 0 aromatic carbocycles. The summed E-state index contributed by atoms with van der Waals surface area (Å²) in [5, 5.41) is 0. The molecule has 0 amide bonds. The molecule has 1 unspecified atom stereocenters. The molecule has 1 atom stereocenters. The molecule has 0 aliphatic heterocycles. The SMILES string of the molecule is CCCC(C)(C)N(CC)C(C)CC. The van der Waals surface area contributed by atoms with Gasteiger partial charge in [-0.25, -0.2) is 0 Å². The molecule has 0 aliphatic rings. The molecule has 80 valence electrons. The fourth-order valence-electron chi connectivity index (χ4n) is 2.31. The molecule has 0 saturated carbocycles. The van der Waals surface area contributed by atoms with Crippen LogP contribution < -0.4 is 0 Å². The van der Waals surface area contributed by atoms with Crippen LogP contribution in [0.2, 0.25) is 0 Å². The van der Waals surface area contributed by atoms with Crippen molar-refractivity contribution >= 4 is 0 Å². The molecule has 1 heteroatoms. The molecular formula is C12H27N. The summed E-state index contributed by atoms with van der Waals surface area (Å²) in [5.74, 6) is 0. The molecule has 0 aromatic heterocycles. The van der Waals surface area contributed by atoms with Crippen LogP contribution >= 0.6 is 0 Å². The van der Waals surface area contributed by atoms with Gasteiger partial charge in [0.05, 0.1) is 0 Å². The number of nitrogens with zero attached hydrogens (tertiary/aromatic N) is 1. The fourth-order valence-corrected chi connectivity index (χ4v) is 2.31. The third-order valence-electron chi connectivity index (χ3n) is 3.10. The Morgan fingerprint density at radius 2 is 1.69 bits per heavy atom. The largest absolute Gasteiger partial charge is 0.296 e. The van der Waals surface area contributed by atoms with E-state index < -0.39 is 0 Å². The van der Waals surface area contributed by atoms with Crippen molar-refractivity contribution in [3.63, 3.8) is 0 Å². The first kappa shape index (κ1) is 13.0. The van der Waals surface area contributed by atoms with Gasteiger partial charge >= 0.3 is 0 Å². The van der Waals surface area contributed by atoms with E-state index in [1.165, 1.54) is 25.8 Å². The first-order valence-corrected chi connectivity index (χ1v) is 5.76. The summed E-state index contributed by atoms with van der Waals surface area (Å²) in [4.78, 5) is 2.62. The lowest BCUT2D eigenvalue weighted by molar-refractivity contribution is 0.0727. The Morgan fingerprint density at radius 3 is 2.00 bits per heavy atom. The van der Waals surface area contributed by atoms with E-state index in [1.807, 2.05) is 0 Å². The summed E-state index contributed by atoms with van der Waals surface area (Å²) in [7, 11) is 0. The average Bonchev–Trinajstić information content (AvgIpc) is 2.04. The van der Waals surface area contributed by atoms with Crippen LogP contribution in [-0.2, 0) is 0 Å². The van der Waals surface area contributed by atoms with Crippen molar-refractivity contribution in [2.75, 3.05) is 6.54 Å². The second-order valence-corrected chi connectivity index (χ2v) is 4.61. The molecule has 0 radical (unpaired) electrons. The third-order valence-corrected chi connectivity index (χ3v) is 3.10. The highest BCUT2D eigenvalue weighted by atomic mass is 15.2. The van der Waals surface area contributed by atoms with Crippen molar-refractivity contribution in [1.82, 2.24) is 4.90 Å². The smallest absolute Gasteiger partial charge is 0.0155 e. The van der Waals surface area contributed by atoms with Gasteiger partial charge in [-0.1, -0.05) is 27.2 Å². The maximum Gasteiger partial charge on any atom is 0.0155 e. The van der Waals surface area contributed by atoms with Crippen LogP contribution in [0.15, 0.2) is 0 Å². The van der Waals surface area contributed by atoms with Crippen molar-refractivity contribution < 1.29 is 0 Å². The molecule has 0 heterocycles. The van der Waals surface area contributed by atoms with Gasteiger partial charge in [0.2, 0.25) is 0 Å². The number of hydrogen-bond acceptors (Lipinski definition) is 1. The van der Waals surface area contributed by atoms with Crippen LogP contribution in [0.4, 0.5) is 0 Å². The Kier molecular flexibility index (Phi) is 5.62. The first-order chi connectivity index (χ1) is 5.99. The molecule has 1 nitrogen and oxygen atoms in total. The summed E-state index contributed by atoms with van der Waals surface area (Å²) in [5.41, 5.74) is 0.374. The third kappa shape index (κ3) is 3.68. The van der Waals surface area contributed by atoms with E-state index in [-0.39, 0.29) is 0 Å². The normalized spacial score (nSPS) is 15.0. The Balaban J connectivity index is 4.35. The van der Waals surface area contributed by atoms with Crippen molar-refractivity contribution in [2.45, 2.75) is 72.4 Å². The Hall–Kier alpha value is -0.0400. The summed E-state index contributed by atoms with van der Waals surface area (Å²) < 4.78 is 0. The molecular weight excluding hydrogens is 158 g/mol. The topological polar surface area (TPSA) is 3.24 Å². The lowest BCUT2D eigenvalue weighted by atomic mass is 9.94. The van der Waals surface area contributed by atoms with Gasteiger partial charge in [0.1, 0.15) is 0 Å². The Bertz CT molecular complexity index is 129. The number of hydrogen-bond donors (Lipinski definition) is 0. The maximum atomic E-state index is 2.62. The molecule has 0 bridgehead atoms. The summed E-state index contributed by atoms with van der Waals surface area (Å²) in [6.45, 7) is 15.0. The second-order valence-electron chi connectivity index (χ2n) is 4.61. The van der Waals surface area contributed by atoms with E-state index >= 15 is 0 Å². The minimum absolute atomic E-state index is 0.374. The second kappa shape index (κ2) is 5.64. The molecule has 0 N–H and O–H groups in total. The van der Waals surface area contributed by atoms with Crippen LogP contribution in [0, 0.1) is 0 Å². The first-order valence-electron chi connectivity index (χ1n) is 5.76. The Labute approximate surface area is 84.5 Å². The molecule has 0 aromatic rings. The quantitative estimate of drug-likeness (QED) is 0.610. The van der Waals surface area contributed by atoms with Crippen molar-refractivity contribution in [3.05, 3.63) is 0 Å². The molecule has 0 rings (SSSR count). The summed E-state index contributed by atoms with van der Waals surface area (Å²) >= 11 is 0. The molecule has 0 fully saturated rings. The zero-order valence-corrected chi connectivity index (χ0v) is 10.4. The van der Waals surface area contributed by atoms with E-state index in [2.05, 4.69) is 46.4 Å². The zero-order valence-electron chi connectivity index (χ0n) is 10.4. The molecule has 13 heavy (non-hydrogen) atoms. The van der Waals surface area contributed by atoms with Gasteiger partial charge < -0.3 is 0 Å². The van der Waals surface area contributed by atoms with Crippen LogP contribution in [0.25, 0.3) is 0 Å². The van der Waals surface area contributed by atoms with E-state index in [4.69, 9.17) is 0 Å². The average molecular weight is 185 g/mol. The highest BCUT2D eigenvalue weighted by Gasteiger charge is 2.27. The van der Waals surface area contributed by atoms with Crippen molar-refractivity contribution in [1.29, 1.82) is 0 Å². The van der Waals surface area contributed by atoms with Crippen LogP contribution in [0.3, 0.4) is 0 Å². The summed E-state index contributed by atoms with van der Waals surface area (Å²) in [6, 6.07) is 0.714. The predicted octanol–water partition coefficient (Wildman–Crippen LogP) is 3.69. The Morgan fingerprint density at radius 1 is 1.15 bits per heavy atom. The highest BCUT2D eigenvalue weighted by molar-refractivity contribution is 4.83. The standard InChI is InChI=1S/C12H27N/c1-7-10-12(5,6)13(9-3)11(4)8-2/h11H,7-10H2,1-6H3. The van der Waals surface area contributed by atoms with Gasteiger partial charge in [-0.05, 0) is 40.2 Å². The van der Waals surface area contributed by atoms with Gasteiger partial charge in [0, 0.05) is 11.6 Å². The van der Waals surface area contributed by atoms with E-state index in [0.717, 1.165) is 0 Å². The molecule has 0 aliphatic carbocycles. The van der Waals surface area contributed by atoms with Gasteiger partial charge in [0.15, 0.2) is 0 Å². The minimum Gasteiger partial charge on any atom is -0.296 e. The number of rotatable bonds is 6. The summed E-state index contributed by atoms with van der Waals surface area (Å²) in [6.07, 6.45) is 3.83. The van der Waals surface area contributed by atoms with E-state index in [0.29, 0.717) is 11.6 Å². The van der Waals surface area contributed by atoms with Gasteiger partial charge in [-0.15, -0.1) is 0 Å². The highest BCUT2D eigenvalue weighted by Crippen LogP contribution is 2.23. The monoisotopic (exact) mass is 185 g/mol. The lowest BCUT2D eigenvalue weighted by Gasteiger charge is -2.42. The lowest BCUT2D eigenvalue weighted by Crippen LogP contribution is -2.48. The van der Waals surface area contributed by atoms with Gasteiger partial charge in [0.25, 0.3) is 0 Å². The molecule has 0 saturated heterocycles. The van der Waals surface area contributed by atoms with Crippen LogP contribution in [0.5, 0.6) is 0 Å². The van der Waals surface area contributed by atoms with Gasteiger partial charge in [-0.2, -0.15) is 0 Å². The van der Waals surface area contributed by atoms with Gasteiger partial charge in [-0.3, -0.25) is 4.90 Å².